The Morgan fingerprint density at radius 3 is 2.72 bits per heavy atom. The molecule has 0 saturated carbocycles. The number of carbonyl (C=O) groups excluding carboxylic acids is 1. The van der Waals surface area contributed by atoms with E-state index < -0.39 is 0 Å². The second-order valence-corrected chi connectivity index (χ2v) is 6.88. The third kappa shape index (κ3) is 3.32. The predicted molar refractivity (Wildman–Crippen MR) is 95.4 cm³/mol. The van der Waals surface area contributed by atoms with Crippen molar-refractivity contribution in [2.24, 2.45) is 0 Å². The van der Waals surface area contributed by atoms with Crippen LogP contribution in [0.4, 0.5) is 0 Å². The molecule has 1 N–H and O–H groups in total. The van der Waals surface area contributed by atoms with Crippen LogP contribution in [0.15, 0.2) is 35.1 Å². The summed E-state index contributed by atoms with van der Waals surface area (Å²) in [7, 11) is 0. The van der Waals surface area contributed by atoms with Crippen LogP contribution in [0.5, 0.6) is 0 Å². The fraction of sp³-hybridized carbons (Fsp3) is 0.474. The van der Waals surface area contributed by atoms with Gasteiger partial charge in [0.25, 0.3) is 5.91 Å². The standard InChI is InChI=1S/C19H24N4O2/c1-14-2-4-15(5-3-14)18-17(21-13-25-18)19(24)23-9-6-16(12-23)22-10-7-20-8-11-22/h2-5,13,16,20H,6-12H2,1H3. The van der Waals surface area contributed by atoms with E-state index in [2.05, 4.69) is 15.2 Å². The van der Waals surface area contributed by atoms with Gasteiger partial charge in [-0.2, -0.15) is 0 Å². The molecule has 2 aliphatic heterocycles. The van der Waals surface area contributed by atoms with Crippen LogP contribution in [0.2, 0.25) is 0 Å². The molecule has 0 radical (unpaired) electrons. The molecule has 4 rings (SSSR count). The van der Waals surface area contributed by atoms with Crippen molar-refractivity contribution in [2.75, 3.05) is 39.3 Å². The van der Waals surface area contributed by atoms with Crippen molar-refractivity contribution in [2.45, 2.75) is 19.4 Å². The van der Waals surface area contributed by atoms with Gasteiger partial charge in [-0.25, -0.2) is 4.98 Å². The zero-order valence-corrected chi connectivity index (χ0v) is 14.6. The average Bonchev–Trinajstić information content (AvgIpc) is 3.32. The highest BCUT2D eigenvalue weighted by molar-refractivity contribution is 5.97. The van der Waals surface area contributed by atoms with Crippen LogP contribution in [0.3, 0.4) is 0 Å². The van der Waals surface area contributed by atoms with Crippen molar-refractivity contribution >= 4 is 5.91 Å². The van der Waals surface area contributed by atoms with Gasteiger partial charge in [-0.3, -0.25) is 9.69 Å². The van der Waals surface area contributed by atoms with E-state index >= 15 is 0 Å². The molecule has 0 spiro atoms. The minimum absolute atomic E-state index is 0.0260. The summed E-state index contributed by atoms with van der Waals surface area (Å²) in [6, 6.07) is 8.44. The van der Waals surface area contributed by atoms with E-state index in [0.29, 0.717) is 17.5 Å². The fourth-order valence-corrected chi connectivity index (χ4v) is 3.73. The highest BCUT2D eigenvalue weighted by atomic mass is 16.3. The number of rotatable bonds is 3. The Hall–Kier alpha value is -2.18. The molecule has 2 aliphatic rings. The number of aromatic nitrogens is 1. The van der Waals surface area contributed by atoms with E-state index in [1.54, 1.807) is 0 Å². The zero-order valence-electron chi connectivity index (χ0n) is 14.6. The Kier molecular flexibility index (Phi) is 4.55. The normalized spacial score (nSPS) is 21.6. The van der Waals surface area contributed by atoms with Crippen LogP contribution in [-0.2, 0) is 0 Å². The molecule has 25 heavy (non-hydrogen) atoms. The van der Waals surface area contributed by atoms with E-state index in [0.717, 1.165) is 51.3 Å². The van der Waals surface area contributed by atoms with E-state index in [9.17, 15) is 4.79 Å². The highest BCUT2D eigenvalue weighted by Crippen LogP contribution is 2.26. The third-order valence-electron chi connectivity index (χ3n) is 5.20. The van der Waals surface area contributed by atoms with Crippen LogP contribution in [-0.4, -0.2) is 66.0 Å². The maximum atomic E-state index is 13.0. The quantitative estimate of drug-likeness (QED) is 0.923. The molecule has 6 heteroatoms. The number of likely N-dealkylation sites (tertiary alicyclic amines) is 1. The molecule has 2 saturated heterocycles. The Morgan fingerprint density at radius 1 is 1.20 bits per heavy atom. The number of nitrogens with zero attached hydrogens (tertiary/aromatic N) is 3. The summed E-state index contributed by atoms with van der Waals surface area (Å²) in [6.45, 7) is 7.79. The second-order valence-electron chi connectivity index (χ2n) is 6.88. The Balaban J connectivity index is 1.49. The molecule has 1 amide bonds. The van der Waals surface area contributed by atoms with Crippen molar-refractivity contribution in [3.8, 4) is 11.3 Å². The van der Waals surface area contributed by atoms with Gasteiger partial charge in [0, 0.05) is 50.9 Å². The lowest BCUT2D eigenvalue weighted by Gasteiger charge is -2.32. The van der Waals surface area contributed by atoms with Crippen molar-refractivity contribution in [3.05, 3.63) is 41.9 Å². The molecule has 0 aliphatic carbocycles. The van der Waals surface area contributed by atoms with Gasteiger partial charge < -0.3 is 14.6 Å². The summed E-state index contributed by atoms with van der Waals surface area (Å²) in [5.74, 6) is 0.539. The third-order valence-corrected chi connectivity index (χ3v) is 5.20. The van der Waals surface area contributed by atoms with Crippen LogP contribution < -0.4 is 5.32 Å². The predicted octanol–water partition coefficient (Wildman–Crippen LogP) is 1.77. The zero-order chi connectivity index (χ0) is 17.2. The first-order valence-corrected chi connectivity index (χ1v) is 8.97. The highest BCUT2D eigenvalue weighted by Gasteiger charge is 2.33. The first kappa shape index (κ1) is 16.3. The van der Waals surface area contributed by atoms with Gasteiger partial charge in [0.05, 0.1) is 0 Å². The van der Waals surface area contributed by atoms with Crippen molar-refractivity contribution < 1.29 is 9.21 Å². The summed E-state index contributed by atoms with van der Waals surface area (Å²) < 4.78 is 5.54. The molecule has 1 atom stereocenters. The smallest absolute Gasteiger partial charge is 0.276 e. The first-order valence-electron chi connectivity index (χ1n) is 8.97. The van der Waals surface area contributed by atoms with E-state index in [-0.39, 0.29) is 5.91 Å². The minimum Gasteiger partial charge on any atom is -0.443 e. The first-order chi connectivity index (χ1) is 12.2. The molecule has 132 valence electrons. The number of carbonyl (C=O) groups is 1. The summed E-state index contributed by atoms with van der Waals surface area (Å²) in [5, 5.41) is 3.38. The largest absolute Gasteiger partial charge is 0.443 e. The Morgan fingerprint density at radius 2 is 1.96 bits per heavy atom. The van der Waals surface area contributed by atoms with Crippen LogP contribution in [0, 0.1) is 6.92 Å². The Labute approximate surface area is 147 Å². The number of nitrogens with one attached hydrogen (secondary N) is 1. The molecule has 0 bridgehead atoms. The summed E-state index contributed by atoms with van der Waals surface area (Å²) in [6.07, 6.45) is 2.40. The lowest BCUT2D eigenvalue weighted by Crippen LogP contribution is -2.49. The van der Waals surface area contributed by atoms with Crippen LogP contribution in [0.25, 0.3) is 11.3 Å². The van der Waals surface area contributed by atoms with Gasteiger partial charge in [0.2, 0.25) is 0 Å². The van der Waals surface area contributed by atoms with E-state index in [1.807, 2.05) is 36.1 Å². The van der Waals surface area contributed by atoms with Crippen LogP contribution in [0.1, 0.15) is 22.5 Å². The van der Waals surface area contributed by atoms with Gasteiger partial charge in [-0.15, -0.1) is 0 Å². The van der Waals surface area contributed by atoms with E-state index in [1.165, 1.54) is 12.0 Å². The number of aryl methyl sites for hydroxylation is 1. The van der Waals surface area contributed by atoms with Gasteiger partial charge in [-0.1, -0.05) is 29.8 Å². The molecule has 2 fully saturated rings. The molecule has 1 aromatic heterocycles. The van der Waals surface area contributed by atoms with E-state index in [4.69, 9.17) is 4.42 Å². The molecule has 1 unspecified atom stereocenters. The number of benzene rings is 1. The summed E-state index contributed by atoms with van der Waals surface area (Å²) in [5.41, 5.74) is 2.49. The van der Waals surface area contributed by atoms with Crippen LogP contribution >= 0.6 is 0 Å². The topological polar surface area (TPSA) is 61.6 Å². The number of piperazine rings is 1. The monoisotopic (exact) mass is 340 g/mol. The van der Waals surface area contributed by atoms with Gasteiger partial charge in [0.1, 0.15) is 0 Å². The SMILES string of the molecule is Cc1ccc(-c2ocnc2C(=O)N2CCC(N3CCNCC3)C2)cc1. The van der Waals surface area contributed by atoms with Crippen molar-refractivity contribution in [3.63, 3.8) is 0 Å². The van der Waals surface area contributed by atoms with Crippen molar-refractivity contribution in [1.82, 2.24) is 20.1 Å². The van der Waals surface area contributed by atoms with Gasteiger partial charge >= 0.3 is 0 Å². The molecule has 6 nitrogen and oxygen atoms in total. The van der Waals surface area contributed by atoms with Gasteiger partial charge in [0.15, 0.2) is 17.8 Å². The minimum atomic E-state index is -0.0260. The maximum Gasteiger partial charge on any atom is 0.276 e. The molecule has 2 aromatic rings. The molecular weight excluding hydrogens is 316 g/mol. The van der Waals surface area contributed by atoms with Gasteiger partial charge in [-0.05, 0) is 13.3 Å². The Bertz CT molecular complexity index is 734. The second kappa shape index (κ2) is 6.98. The number of amides is 1. The molecule has 3 heterocycles. The number of hydrogen-bond donors (Lipinski definition) is 1. The molecule has 1 aromatic carbocycles. The van der Waals surface area contributed by atoms with Crippen molar-refractivity contribution in [1.29, 1.82) is 0 Å². The summed E-state index contributed by atoms with van der Waals surface area (Å²) in [4.78, 5) is 21.6. The average molecular weight is 340 g/mol. The lowest BCUT2D eigenvalue weighted by molar-refractivity contribution is 0.0768. The number of hydrogen-bond acceptors (Lipinski definition) is 5. The molecular formula is C19H24N4O2. The summed E-state index contributed by atoms with van der Waals surface area (Å²) >= 11 is 0. The maximum absolute atomic E-state index is 13.0. The lowest BCUT2D eigenvalue weighted by atomic mass is 10.1. The number of oxazole rings is 1. The fourth-order valence-electron chi connectivity index (χ4n) is 3.73.